The summed E-state index contributed by atoms with van der Waals surface area (Å²) < 4.78 is 0. The molecule has 19 heavy (non-hydrogen) atoms. The van der Waals surface area contributed by atoms with Crippen LogP contribution in [0.1, 0.15) is 0 Å². The van der Waals surface area contributed by atoms with Crippen molar-refractivity contribution in [2.45, 2.75) is 6.10 Å². The number of hydrogen-bond donors (Lipinski definition) is 5. The third-order valence-electron chi connectivity index (χ3n) is 1.78. The van der Waals surface area contributed by atoms with E-state index in [0.717, 1.165) is 0 Å². The number of quaternary nitrogens is 1. The minimum atomic E-state index is -1.18. The molecule has 0 aromatic rings. The Morgan fingerprint density at radius 3 is 1.42 bits per heavy atom. The van der Waals surface area contributed by atoms with Gasteiger partial charge in [0.05, 0.1) is 31.4 Å². The Bertz CT molecular complexity index is 177. The molecule has 118 valence electrons. The van der Waals surface area contributed by atoms with Crippen molar-refractivity contribution in [2.24, 2.45) is 0 Å². The van der Waals surface area contributed by atoms with Crippen LogP contribution in [0.4, 0.5) is 0 Å². The van der Waals surface area contributed by atoms with E-state index >= 15 is 0 Å². The molecule has 0 aliphatic heterocycles. The molecule has 1 unspecified atom stereocenters. The second kappa shape index (κ2) is 12.9. The summed E-state index contributed by atoms with van der Waals surface area (Å²) in [6.07, 6.45) is -1.18. The van der Waals surface area contributed by atoms with Gasteiger partial charge in [-0.25, -0.2) is 0 Å². The smallest absolute Gasteiger partial charge is 0.206 e. The number of rotatable bonds is 12. The quantitative estimate of drug-likeness (QED) is 0.178. The maximum Gasteiger partial charge on any atom is 0.206 e. The van der Waals surface area contributed by atoms with Gasteiger partial charge in [-0.3, -0.25) is 0 Å². The molecule has 0 heterocycles. The van der Waals surface area contributed by atoms with Crippen LogP contribution in [0.25, 0.3) is 0 Å². The lowest BCUT2D eigenvalue weighted by atomic mass is 10.4. The van der Waals surface area contributed by atoms with Gasteiger partial charge in [0.15, 0.2) is 0 Å². The Morgan fingerprint density at radius 2 is 1.16 bits per heavy atom. The lowest BCUT2D eigenvalue weighted by molar-refractivity contribution is -1.37. The van der Waals surface area contributed by atoms with Crippen molar-refractivity contribution in [1.29, 1.82) is 0 Å². The van der Waals surface area contributed by atoms with Crippen LogP contribution < -0.4 is 12.4 Å². The van der Waals surface area contributed by atoms with Gasteiger partial charge in [0.1, 0.15) is 25.9 Å². The van der Waals surface area contributed by atoms with Crippen LogP contribution in [-0.4, -0.2) is 89.4 Å². The van der Waals surface area contributed by atoms with E-state index < -0.39 is 17.7 Å². The SMILES string of the molecule is OCCO[N+](CC(O)CO)(OCCO)OCCO.[Cl-]. The number of halogens is 1. The largest absolute Gasteiger partial charge is 1.00 e. The number of aliphatic hydroxyl groups is 5. The number of hydroxylamine groups is 3. The van der Waals surface area contributed by atoms with Gasteiger partial charge in [-0.15, -0.1) is 14.5 Å². The van der Waals surface area contributed by atoms with Crippen molar-refractivity contribution >= 4 is 0 Å². The van der Waals surface area contributed by atoms with Crippen molar-refractivity contribution in [3.63, 3.8) is 0 Å². The topological polar surface area (TPSA) is 129 Å². The third-order valence-corrected chi connectivity index (χ3v) is 1.78. The summed E-state index contributed by atoms with van der Waals surface area (Å²) in [7, 11) is 0. The summed E-state index contributed by atoms with van der Waals surface area (Å²) in [5, 5.41) is 44.3. The number of hydrogen-bond acceptors (Lipinski definition) is 8. The van der Waals surface area contributed by atoms with E-state index in [2.05, 4.69) is 0 Å². The fourth-order valence-electron chi connectivity index (χ4n) is 1.13. The average Bonchev–Trinajstić information content (AvgIpc) is 2.40. The molecule has 0 bridgehead atoms. The molecule has 0 saturated carbocycles. The fourth-order valence-corrected chi connectivity index (χ4v) is 1.13. The first-order valence-electron chi connectivity index (χ1n) is 5.57. The van der Waals surface area contributed by atoms with Crippen LogP contribution >= 0.6 is 0 Å². The Balaban J connectivity index is 0. The van der Waals surface area contributed by atoms with Crippen LogP contribution in [0.2, 0.25) is 0 Å². The van der Waals surface area contributed by atoms with Gasteiger partial charge in [0.2, 0.25) is 6.54 Å². The Labute approximate surface area is 117 Å². The Hall–Kier alpha value is -0.0700. The van der Waals surface area contributed by atoms with Crippen LogP contribution in [0, 0.1) is 0 Å². The van der Waals surface area contributed by atoms with Crippen LogP contribution in [-0.2, 0) is 14.5 Å². The summed E-state index contributed by atoms with van der Waals surface area (Å²) >= 11 is 0. The van der Waals surface area contributed by atoms with Crippen LogP contribution in [0.15, 0.2) is 0 Å². The molecule has 0 aromatic carbocycles. The van der Waals surface area contributed by atoms with E-state index in [4.69, 9.17) is 34.9 Å². The Kier molecular flexibility index (Phi) is 14.5. The molecule has 0 spiro atoms. The van der Waals surface area contributed by atoms with Crippen molar-refractivity contribution in [3.8, 4) is 0 Å². The molecule has 0 aliphatic rings. The van der Waals surface area contributed by atoms with E-state index in [0.29, 0.717) is 0 Å². The molecular weight excluding hydrogens is 286 g/mol. The van der Waals surface area contributed by atoms with Gasteiger partial charge in [0, 0.05) is 0 Å². The zero-order valence-corrected chi connectivity index (χ0v) is 11.3. The second-order valence-electron chi connectivity index (χ2n) is 3.30. The first-order valence-corrected chi connectivity index (χ1v) is 5.57. The maximum atomic E-state index is 9.40. The number of nitrogens with zero attached hydrogens (tertiary/aromatic N) is 1. The molecule has 0 fully saturated rings. The number of aliphatic hydroxyl groups excluding tert-OH is 5. The second-order valence-corrected chi connectivity index (χ2v) is 3.30. The summed E-state index contributed by atoms with van der Waals surface area (Å²) in [6.45, 7) is -2.16. The Morgan fingerprint density at radius 1 is 0.789 bits per heavy atom. The normalized spacial score (nSPS) is 13.1. The third kappa shape index (κ3) is 9.46. The van der Waals surface area contributed by atoms with Gasteiger partial charge < -0.3 is 37.9 Å². The monoisotopic (exact) mass is 307 g/mol. The highest BCUT2D eigenvalue weighted by Gasteiger charge is 2.38. The van der Waals surface area contributed by atoms with E-state index in [9.17, 15) is 5.11 Å². The van der Waals surface area contributed by atoms with E-state index in [1.807, 2.05) is 0 Å². The van der Waals surface area contributed by atoms with Gasteiger partial charge in [-0.05, 0) is 0 Å². The molecule has 0 aromatic heterocycles. The van der Waals surface area contributed by atoms with Crippen LogP contribution in [0.3, 0.4) is 0 Å². The predicted molar refractivity (Wildman–Crippen MR) is 57.3 cm³/mol. The summed E-state index contributed by atoms with van der Waals surface area (Å²) in [6, 6.07) is 0. The summed E-state index contributed by atoms with van der Waals surface area (Å²) in [4.78, 5) is 14.3. The highest BCUT2D eigenvalue weighted by atomic mass is 35.5. The van der Waals surface area contributed by atoms with Crippen molar-refractivity contribution in [2.75, 3.05) is 52.8 Å². The standard InChI is InChI=1S/C9H22NO8.ClH/c11-1-4-16-10(17-5-2-12,18-6-3-13)7-9(15)8-14;/h9,11-15H,1-8H2;1H/q+1;/p-1. The minimum absolute atomic E-state index is 0. The highest BCUT2D eigenvalue weighted by molar-refractivity contribution is 4.45. The lowest BCUT2D eigenvalue weighted by Crippen LogP contribution is -3.00. The molecule has 5 N–H and O–H groups in total. The molecule has 9 nitrogen and oxygen atoms in total. The maximum absolute atomic E-state index is 9.40. The van der Waals surface area contributed by atoms with Crippen molar-refractivity contribution in [3.05, 3.63) is 0 Å². The van der Waals surface area contributed by atoms with Crippen molar-refractivity contribution in [1.82, 2.24) is 0 Å². The van der Waals surface area contributed by atoms with E-state index in [1.165, 1.54) is 0 Å². The van der Waals surface area contributed by atoms with Crippen LogP contribution in [0.5, 0.6) is 0 Å². The summed E-state index contributed by atoms with van der Waals surface area (Å²) in [5.41, 5.74) is 0. The van der Waals surface area contributed by atoms with E-state index in [-0.39, 0.29) is 58.6 Å². The van der Waals surface area contributed by atoms with Gasteiger partial charge in [-0.2, -0.15) is 0 Å². The van der Waals surface area contributed by atoms with Gasteiger partial charge >= 0.3 is 0 Å². The zero-order valence-electron chi connectivity index (χ0n) is 10.5. The lowest BCUT2D eigenvalue weighted by Gasteiger charge is -2.30. The minimum Gasteiger partial charge on any atom is -1.00 e. The molecule has 1 atom stereocenters. The zero-order chi connectivity index (χ0) is 13.9. The average molecular weight is 308 g/mol. The predicted octanol–water partition coefficient (Wildman–Crippen LogP) is -6.07. The summed E-state index contributed by atoms with van der Waals surface area (Å²) in [5.74, 6) is 0. The molecule has 0 saturated heterocycles. The molecule has 0 aliphatic carbocycles. The molecular formula is C9H22ClNO8. The highest BCUT2D eigenvalue weighted by Crippen LogP contribution is 2.13. The first-order chi connectivity index (χ1) is 8.64. The van der Waals surface area contributed by atoms with Crippen molar-refractivity contribution < 1.29 is 57.4 Å². The van der Waals surface area contributed by atoms with E-state index in [1.54, 1.807) is 0 Å². The molecule has 0 radical (unpaired) electrons. The molecule has 10 heteroatoms. The first kappa shape index (κ1) is 21.2. The molecule has 0 amide bonds. The van der Waals surface area contributed by atoms with Gasteiger partial charge in [0.25, 0.3) is 0 Å². The fraction of sp³-hybridized carbons (Fsp3) is 1.00. The molecule has 0 rings (SSSR count). The van der Waals surface area contributed by atoms with Gasteiger partial charge in [-0.1, -0.05) is 0 Å².